The second kappa shape index (κ2) is 13.3. The first-order chi connectivity index (χ1) is 13.9. The van der Waals surface area contributed by atoms with E-state index in [2.05, 4.69) is 29.6 Å². The molecule has 0 spiro atoms. The zero-order chi connectivity index (χ0) is 21.6. The van der Waals surface area contributed by atoms with Crippen LogP contribution in [0.2, 0.25) is 0 Å². The molecule has 1 aliphatic rings. The fourth-order valence-corrected chi connectivity index (χ4v) is 2.18. The van der Waals surface area contributed by atoms with Crippen LogP contribution >= 0.6 is 0 Å². The Balaban J connectivity index is 2.51. The average molecular weight is 419 g/mol. The maximum Gasteiger partial charge on any atom is 0.409 e. The number of rotatable bonds is 12. The lowest BCUT2D eigenvalue weighted by Gasteiger charge is -2.20. The van der Waals surface area contributed by atoms with Crippen molar-refractivity contribution in [1.82, 2.24) is 15.7 Å². The van der Waals surface area contributed by atoms with Crippen molar-refractivity contribution < 1.29 is 47.8 Å². The second-order valence-electron chi connectivity index (χ2n) is 5.79. The zero-order valence-electron chi connectivity index (χ0n) is 16.3. The molecule has 29 heavy (non-hydrogen) atoms. The molecule has 164 valence electrons. The number of nitrogens with one attached hydrogen (secondary N) is 2. The van der Waals surface area contributed by atoms with E-state index in [9.17, 15) is 24.0 Å². The van der Waals surface area contributed by atoms with Crippen molar-refractivity contribution in [2.24, 2.45) is 0 Å². The van der Waals surface area contributed by atoms with Crippen molar-refractivity contribution in [3.8, 4) is 0 Å². The van der Waals surface area contributed by atoms with E-state index in [-0.39, 0.29) is 39.4 Å². The van der Waals surface area contributed by atoms with Gasteiger partial charge in [0.1, 0.15) is 6.04 Å². The summed E-state index contributed by atoms with van der Waals surface area (Å²) in [5.41, 5.74) is 0. The molecular weight excluding hydrogens is 394 g/mol. The maximum absolute atomic E-state index is 12.3. The smallest absolute Gasteiger partial charge is 0.409 e. The number of amides is 4. The molecule has 1 rings (SSSR count). The van der Waals surface area contributed by atoms with Crippen molar-refractivity contribution in [3.05, 3.63) is 0 Å². The molecule has 1 unspecified atom stereocenters. The highest BCUT2D eigenvalue weighted by Crippen LogP contribution is 2.14. The highest BCUT2D eigenvalue weighted by Gasteiger charge is 2.35. The van der Waals surface area contributed by atoms with Gasteiger partial charge >= 0.3 is 18.2 Å². The summed E-state index contributed by atoms with van der Waals surface area (Å²) in [6, 6.07) is -1.18. The summed E-state index contributed by atoms with van der Waals surface area (Å²) in [5.74, 6) is -2.26. The van der Waals surface area contributed by atoms with Crippen molar-refractivity contribution in [3.63, 3.8) is 0 Å². The standard InChI is InChI=1S/C16H25N3O10/c1-25-9-27-15(23)17-8-4-3-5-11(18-16(24)28-10-26-2)14(22)29-19-12(20)6-7-13(19)21/h11H,3-10H2,1-2H3,(H,17,23)(H,18,24). The average Bonchev–Trinajstić information content (AvgIpc) is 3.01. The maximum atomic E-state index is 12.3. The quantitative estimate of drug-likeness (QED) is 0.246. The number of nitrogens with zero attached hydrogens (tertiary/aromatic N) is 1. The van der Waals surface area contributed by atoms with Gasteiger partial charge in [-0.1, -0.05) is 0 Å². The molecule has 0 aliphatic carbocycles. The van der Waals surface area contributed by atoms with E-state index < -0.39 is 36.0 Å². The summed E-state index contributed by atoms with van der Waals surface area (Å²) >= 11 is 0. The molecule has 0 radical (unpaired) electrons. The molecule has 0 aromatic carbocycles. The first kappa shape index (κ1) is 24.1. The number of carbonyl (C=O) groups is 5. The molecule has 1 fully saturated rings. The lowest BCUT2D eigenvalue weighted by molar-refractivity contribution is -0.199. The lowest BCUT2D eigenvalue weighted by atomic mass is 10.1. The van der Waals surface area contributed by atoms with Crippen LogP contribution in [0, 0.1) is 0 Å². The monoisotopic (exact) mass is 419 g/mol. The third-order valence-corrected chi connectivity index (χ3v) is 3.57. The van der Waals surface area contributed by atoms with Crippen molar-refractivity contribution in [2.45, 2.75) is 38.1 Å². The molecule has 1 atom stereocenters. The van der Waals surface area contributed by atoms with Crippen LogP contribution in [0.25, 0.3) is 0 Å². The highest BCUT2D eigenvalue weighted by atomic mass is 16.7. The summed E-state index contributed by atoms with van der Waals surface area (Å²) in [6.45, 7) is -0.257. The van der Waals surface area contributed by atoms with E-state index in [1.54, 1.807) is 0 Å². The van der Waals surface area contributed by atoms with E-state index in [0.717, 1.165) is 0 Å². The van der Waals surface area contributed by atoms with Crippen LogP contribution in [0.1, 0.15) is 32.1 Å². The number of ether oxygens (including phenoxy) is 4. The van der Waals surface area contributed by atoms with Gasteiger partial charge in [0.15, 0.2) is 13.6 Å². The van der Waals surface area contributed by atoms with Crippen molar-refractivity contribution in [2.75, 3.05) is 34.4 Å². The van der Waals surface area contributed by atoms with E-state index in [1.807, 2.05) is 0 Å². The molecule has 4 amide bonds. The number of hydrogen-bond acceptors (Lipinski definition) is 10. The Morgan fingerprint density at radius 2 is 1.55 bits per heavy atom. The second-order valence-corrected chi connectivity index (χ2v) is 5.79. The van der Waals surface area contributed by atoms with Gasteiger partial charge in [0.2, 0.25) is 0 Å². The Labute approximate surface area is 166 Å². The zero-order valence-corrected chi connectivity index (χ0v) is 16.3. The fourth-order valence-electron chi connectivity index (χ4n) is 2.18. The minimum Gasteiger partial charge on any atom is -0.422 e. The largest absolute Gasteiger partial charge is 0.422 e. The van der Waals surface area contributed by atoms with Gasteiger partial charge in [-0.2, -0.15) is 0 Å². The summed E-state index contributed by atoms with van der Waals surface area (Å²) in [6.07, 6.45) is -0.759. The number of carbonyl (C=O) groups excluding carboxylic acids is 5. The van der Waals surface area contributed by atoms with Crippen molar-refractivity contribution >= 4 is 30.0 Å². The molecule has 1 heterocycles. The van der Waals surface area contributed by atoms with Gasteiger partial charge in [-0.15, -0.1) is 5.06 Å². The number of unbranched alkanes of at least 4 members (excludes halogenated alkanes) is 1. The Kier molecular flexibility index (Phi) is 11.0. The topological polar surface area (TPSA) is 159 Å². The van der Waals surface area contributed by atoms with Crippen LogP contribution in [0.5, 0.6) is 0 Å². The van der Waals surface area contributed by atoms with Gasteiger partial charge in [-0.25, -0.2) is 14.4 Å². The lowest BCUT2D eigenvalue weighted by Crippen LogP contribution is -2.45. The predicted octanol–water partition coefficient (Wildman–Crippen LogP) is -0.207. The van der Waals surface area contributed by atoms with Crippen LogP contribution in [-0.2, 0) is 38.2 Å². The summed E-state index contributed by atoms with van der Waals surface area (Å²) in [4.78, 5) is 63.3. The SMILES string of the molecule is COCOC(=O)NCCCCC(NC(=O)OCOC)C(=O)ON1C(=O)CCC1=O. The van der Waals surface area contributed by atoms with Crippen LogP contribution < -0.4 is 10.6 Å². The molecular formula is C16H25N3O10. The highest BCUT2D eigenvalue weighted by molar-refractivity contribution is 6.01. The molecule has 0 bridgehead atoms. The van der Waals surface area contributed by atoms with E-state index in [4.69, 9.17) is 4.84 Å². The molecule has 1 saturated heterocycles. The summed E-state index contributed by atoms with van der Waals surface area (Å²) in [7, 11) is 2.69. The molecule has 1 aliphatic heterocycles. The van der Waals surface area contributed by atoms with Gasteiger partial charge in [-0.3, -0.25) is 9.59 Å². The third-order valence-electron chi connectivity index (χ3n) is 3.57. The Morgan fingerprint density at radius 3 is 2.14 bits per heavy atom. The van der Waals surface area contributed by atoms with Crippen LogP contribution in [0.4, 0.5) is 9.59 Å². The van der Waals surface area contributed by atoms with E-state index >= 15 is 0 Å². The first-order valence-electron chi connectivity index (χ1n) is 8.78. The Morgan fingerprint density at radius 1 is 0.966 bits per heavy atom. The molecule has 0 aromatic rings. The van der Waals surface area contributed by atoms with Crippen LogP contribution in [0.15, 0.2) is 0 Å². The number of hydroxylamine groups is 2. The van der Waals surface area contributed by atoms with Gasteiger partial charge in [0.05, 0.1) is 0 Å². The first-order valence-corrected chi connectivity index (χ1v) is 8.78. The summed E-state index contributed by atoms with van der Waals surface area (Å²) in [5, 5.41) is 5.16. The minimum absolute atomic E-state index is 0.0507. The van der Waals surface area contributed by atoms with Gasteiger partial charge in [-0.05, 0) is 19.3 Å². The minimum atomic E-state index is -1.18. The van der Waals surface area contributed by atoms with Gasteiger partial charge in [0, 0.05) is 33.6 Å². The van der Waals surface area contributed by atoms with Crippen LogP contribution in [-0.4, -0.2) is 75.4 Å². The number of imide groups is 1. The normalized spacial score (nSPS) is 14.3. The fraction of sp³-hybridized carbons (Fsp3) is 0.688. The van der Waals surface area contributed by atoms with Gasteiger partial charge in [0.25, 0.3) is 11.8 Å². The van der Waals surface area contributed by atoms with Crippen LogP contribution in [0.3, 0.4) is 0 Å². The van der Waals surface area contributed by atoms with E-state index in [1.165, 1.54) is 14.2 Å². The third kappa shape index (κ3) is 9.21. The van der Waals surface area contributed by atoms with Crippen molar-refractivity contribution in [1.29, 1.82) is 0 Å². The Bertz CT molecular complexity index is 581. The van der Waals surface area contributed by atoms with Gasteiger partial charge < -0.3 is 34.4 Å². The molecule has 13 nitrogen and oxygen atoms in total. The number of hydrogen-bond donors (Lipinski definition) is 2. The molecule has 2 N–H and O–H groups in total. The summed E-state index contributed by atoms with van der Waals surface area (Å²) < 4.78 is 18.5. The molecule has 13 heteroatoms. The number of alkyl carbamates (subject to hydrolysis) is 2. The number of methoxy groups -OCH3 is 2. The molecule has 0 saturated carbocycles. The van der Waals surface area contributed by atoms with E-state index in [0.29, 0.717) is 17.9 Å². The Hall–Kier alpha value is -2.93. The predicted molar refractivity (Wildman–Crippen MR) is 92.7 cm³/mol. The molecule has 0 aromatic heterocycles.